The molecule has 2 rings (SSSR count). The highest BCUT2D eigenvalue weighted by Crippen LogP contribution is 2.27. The van der Waals surface area contributed by atoms with Crippen molar-refractivity contribution in [2.45, 2.75) is 20.0 Å². The third-order valence-electron chi connectivity index (χ3n) is 2.64. The lowest BCUT2D eigenvalue weighted by Crippen LogP contribution is -2.07. The van der Waals surface area contributed by atoms with Gasteiger partial charge in [0.2, 0.25) is 0 Å². The highest BCUT2D eigenvalue weighted by Gasteiger charge is 2.09. The fourth-order valence-electron chi connectivity index (χ4n) is 1.62. The largest absolute Gasteiger partial charge is 0.377 e. The van der Waals surface area contributed by atoms with E-state index in [0.717, 1.165) is 18.1 Å². The van der Waals surface area contributed by atoms with E-state index in [1.54, 1.807) is 12.4 Å². The van der Waals surface area contributed by atoms with Crippen LogP contribution in [0.25, 0.3) is 0 Å². The third-order valence-corrected chi connectivity index (χ3v) is 3.29. The number of rotatable bonds is 5. The van der Waals surface area contributed by atoms with E-state index in [2.05, 4.69) is 31.4 Å². The van der Waals surface area contributed by atoms with Crippen molar-refractivity contribution in [3.8, 4) is 0 Å². The van der Waals surface area contributed by atoms with Gasteiger partial charge in [-0.2, -0.15) is 0 Å². The van der Waals surface area contributed by atoms with E-state index in [1.807, 2.05) is 11.5 Å². The molecule has 0 fully saturated rings. The minimum atomic E-state index is -0.428. The average Bonchev–Trinajstić information content (AvgIpc) is 2.84. The summed E-state index contributed by atoms with van der Waals surface area (Å²) in [4.78, 5) is 10.2. The van der Waals surface area contributed by atoms with Gasteiger partial charge in [0.05, 0.1) is 11.5 Å². The summed E-state index contributed by atoms with van der Waals surface area (Å²) < 4.78 is 2.57. The summed E-state index contributed by atoms with van der Waals surface area (Å²) in [6.45, 7) is 3.31. The Bertz CT molecular complexity index is 599. The van der Waals surface area contributed by atoms with Gasteiger partial charge in [0.15, 0.2) is 5.82 Å². The van der Waals surface area contributed by atoms with E-state index in [-0.39, 0.29) is 5.69 Å². The number of hydrogen-bond acceptors (Lipinski definition) is 5. The number of non-ortho nitro benzene ring substituents is 1. The van der Waals surface area contributed by atoms with Crippen LogP contribution in [0.4, 0.5) is 11.4 Å². The smallest absolute Gasteiger partial charge is 0.270 e. The maximum absolute atomic E-state index is 10.6. The second kappa shape index (κ2) is 5.79. The molecule has 8 heteroatoms. The molecule has 1 aromatic carbocycles. The van der Waals surface area contributed by atoms with E-state index in [0.29, 0.717) is 11.0 Å². The standard InChI is InChI=1S/C11H12BrN5O2/c1-2-16-7-14-15-11(16)6-13-10-4-3-8(17(18)19)5-9(10)12/h3-5,7,13H,2,6H2,1H3. The van der Waals surface area contributed by atoms with Gasteiger partial charge in [-0.15, -0.1) is 10.2 Å². The summed E-state index contributed by atoms with van der Waals surface area (Å²) in [5.74, 6) is 0.813. The summed E-state index contributed by atoms with van der Waals surface area (Å²) in [5.41, 5.74) is 0.824. The van der Waals surface area contributed by atoms with Crippen LogP contribution >= 0.6 is 15.9 Å². The van der Waals surface area contributed by atoms with E-state index in [1.165, 1.54) is 12.1 Å². The van der Waals surface area contributed by atoms with Crippen molar-refractivity contribution < 1.29 is 4.92 Å². The Kier molecular flexibility index (Phi) is 4.10. The highest BCUT2D eigenvalue weighted by molar-refractivity contribution is 9.10. The Morgan fingerprint density at radius 1 is 1.53 bits per heavy atom. The van der Waals surface area contributed by atoms with Gasteiger partial charge in [0, 0.05) is 28.8 Å². The second-order valence-corrected chi connectivity index (χ2v) is 4.66. The molecule has 100 valence electrons. The number of hydrogen-bond donors (Lipinski definition) is 1. The normalized spacial score (nSPS) is 10.4. The molecular formula is C11H12BrN5O2. The minimum Gasteiger partial charge on any atom is -0.377 e. The molecule has 1 N–H and O–H groups in total. The zero-order valence-electron chi connectivity index (χ0n) is 10.2. The van der Waals surface area contributed by atoms with Crippen molar-refractivity contribution in [2.75, 3.05) is 5.32 Å². The minimum absolute atomic E-state index is 0.0501. The second-order valence-electron chi connectivity index (χ2n) is 3.81. The number of anilines is 1. The lowest BCUT2D eigenvalue weighted by atomic mass is 10.3. The van der Waals surface area contributed by atoms with Crippen LogP contribution in [-0.2, 0) is 13.1 Å². The topological polar surface area (TPSA) is 85.9 Å². The summed E-state index contributed by atoms with van der Waals surface area (Å²) in [6.07, 6.45) is 1.67. The maximum atomic E-state index is 10.6. The summed E-state index contributed by atoms with van der Waals surface area (Å²) >= 11 is 3.31. The van der Waals surface area contributed by atoms with Crippen molar-refractivity contribution in [3.05, 3.63) is 44.9 Å². The number of benzene rings is 1. The number of nitrogens with zero attached hydrogens (tertiary/aromatic N) is 4. The van der Waals surface area contributed by atoms with Crippen molar-refractivity contribution in [1.82, 2.24) is 14.8 Å². The fourth-order valence-corrected chi connectivity index (χ4v) is 2.12. The summed E-state index contributed by atoms with van der Waals surface area (Å²) in [6, 6.07) is 4.58. The van der Waals surface area contributed by atoms with Gasteiger partial charge in [-0.3, -0.25) is 10.1 Å². The van der Waals surface area contributed by atoms with Crippen LogP contribution in [-0.4, -0.2) is 19.7 Å². The average molecular weight is 326 g/mol. The number of nitro benzene ring substituents is 1. The highest BCUT2D eigenvalue weighted by atomic mass is 79.9. The van der Waals surface area contributed by atoms with Gasteiger partial charge in [0.25, 0.3) is 5.69 Å². The molecular weight excluding hydrogens is 314 g/mol. The predicted molar refractivity (Wildman–Crippen MR) is 73.8 cm³/mol. The van der Waals surface area contributed by atoms with Crippen molar-refractivity contribution in [3.63, 3.8) is 0 Å². The molecule has 0 saturated heterocycles. The first-order valence-electron chi connectivity index (χ1n) is 5.66. The van der Waals surface area contributed by atoms with E-state index in [9.17, 15) is 10.1 Å². The Hall–Kier alpha value is -1.96. The van der Waals surface area contributed by atoms with Gasteiger partial charge in [0.1, 0.15) is 6.33 Å². The molecule has 0 amide bonds. The molecule has 0 bridgehead atoms. The summed E-state index contributed by atoms with van der Waals surface area (Å²) in [7, 11) is 0. The molecule has 0 aliphatic rings. The molecule has 1 heterocycles. The number of nitrogens with one attached hydrogen (secondary N) is 1. The molecule has 0 radical (unpaired) electrons. The number of aromatic nitrogens is 3. The van der Waals surface area contributed by atoms with Crippen LogP contribution in [0.5, 0.6) is 0 Å². The van der Waals surface area contributed by atoms with Gasteiger partial charge in [-0.1, -0.05) is 0 Å². The first-order chi connectivity index (χ1) is 9.11. The van der Waals surface area contributed by atoms with Crippen LogP contribution in [0, 0.1) is 10.1 Å². The molecule has 0 aliphatic heterocycles. The Morgan fingerprint density at radius 2 is 2.32 bits per heavy atom. The molecule has 0 atom stereocenters. The molecule has 19 heavy (non-hydrogen) atoms. The lowest BCUT2D eigenvalue weighted by Gasteiger charge is -2.08. The molecule has 0 saturated carbocycles. The van der Waals surface area contributed by atoms with Crippen LogP contribution in [0.15, 0.2) is 29.0 Å². The summed E-state index contributed by atoms with van der Waals surface area (Å²) in [5, 5.41) is 21.6. The van der Waals surface area contributed by atoms with E-state index >= 15 is 0 Å². The monoisotopic (exact) mass is 325 g/mol. The molecule has 7 nitrogen and oxygen atoms in total. The van der Waals surface area contributed by atoms with Crippen molar-refractivity contribution in [2.24, 2.45) is 0 Å². The number of halogens is 1. The fraction of sp³-hybridized carbons (Fsp3) is 0.273. The number of aryl methyl sites for hydroxylation is 1. The molecule has 1 aromatic heterocycles. The van der Waals surface area contributed by atoms with Crippen molar-refractivity contribution >= 4 is 27.3 Å². The molecule has 2 aromatic rings. The first-order valence-corrected chi connectivity index (χ1v) is 6.45. The van der Waals surface area contributed by atoms with Gasteiger partial charge >= 0.3 is 0 Å². The number of nitro groups is 1. The van der Waals surface area contributed by atoms with Gasteiger partial charge in [-0.25, -0.2) is 0 Å². The van der Waals surface area contributed by atoms with Crippen LogP contribution < -0.4 is 5.32 Å². The van der Waals surface area contributed by atoms with Crippen molar-refractivity contribution in [1.29, 1.82) is 0 Å². The van der Waals surface area contributed by atoms with Crippen LogP contribution in [0.2, 0.25) is 0 Å². The van der Waals surface area contributed by atoms with Crippen LogP contribution in [0.3, 0.4) is 0 Å². The third kappa shape index (κ3) is 3.08. The Morgan fingerprint density at radius 3 is 2.95 bits per heavy atom. The van der Waals surface area contributed by atoms with E-state index < -0.39 is 4.92 Å². The van der Waals surface area contributed by atoms with Crippen LogP contribution in [0.1, 0.15) is 12.7 Å². The SMILES string of the molecule is CCn1cnnc1CNc1ccc([N+](=O)[O-])cc1Br. The Labute approximate surface area is 117 Å². The molecule has 0 unspecified atom stereocenters. The molecule has 0 spiro atoms. The molecule has 0 aliphatic carbocycles. The van der Waals surface area contributed by atoms with Gasteiger partial charge < -0.3 is 9.88 Å². The zero-order chi connectivity index (χ0) is 13.8. The maximum Gasteiger partial charge on any atom is 0.270 e. The Balaban J connectivity index is 2.10. The first kappa shape index (κ1) is 13.5. The van der Waals surface area contributed by atoms with Gasteiger partial charge in [-0.05, 0) is 28.9 Å². The van der Waals surface area contributed by atoms with E-state index in [4.69, 9.17) is 0 Å². The predicted octanol–water partition coefficient (Wildman–Crippen LogP) is 2.58. The quantitative estimate of drug-likeness (QED) is 0.674. The lowest BCUT2D eigenvalue weighted by molar-refractivity contribution is -0.384. The zero-order valence-corrected chi connectivity index (χ0v) is 11.8.